The third-order valence-electron chi connectivity index (χ3n) is 6.97. The molecule has 0 aromatic rings. The van der Waals surface area contributed by atoms with Crippen molar-refractivity contribution in [3.8, 4) is 0 Å². The third-order valence-corrected chi connectivity index (χ3v) is 11.5. The van der Waals surface area contributed by atoms with Crippen molar-refractivity contribution < 1.29 is 23.4 Å². The van der Waals surface area contributed by atoms with Crippen molar-refractivity contribution in [1.82, 2.24) is 0 Å². The van der Waals surface area contributed by atoms with Crippen LogP contribution < -0.4 is 0 Å². The average Bonchev–Trinajstić information content (AvgIpc) is 2.98. The molecule has 0 radical (unpaired) electrons. The summed E-state index contributed by atoms with van der Waals surface area (Å²) >= 11 is 0. The minimum atomic E-state index is -1.91. The molecule has 3 atom stereocenters. The van der Waals surface area contributed by atoms with Gasteiger partial charge in [-0.1, -0.05) is 27.2 Å². The number of rotatable bonds is 3. The lowest BCUT2D eigenvalue weighted by Gasteiger charge is -2.50. The summed E-state index contributed by atoms with van der Waals surface area (Å²) in [6.07, 6.45) is 4.83. The first-order valence-electron chi connectivity index (χ1n) is 10.1. The van der Waals surface area contributed by atoms with Crippen molar-refractivity contribution in [2.45, 2.75) is 114 Å². The van der Waals surface area contributed by atoms with Gasteiger partial charge in [-0.3, -0.25) is 4.79 Å². The molecule has 2 saturated heterocycles. The standard InChI is InChI=1S/C20H36O5Si/c1-17(2,3)26(6,7)22-14-15-20(25-18(4,5)23-15)12-9-8-11-19(20)13-10-16(21)24-19/h15H,8-14H2,1-7H3/t15-,19-,20+/m1/s1. The van der Waals surface area contributed by atoms with E-state index in [9.17, 15) is 4.79 Å². The van der Waals surface area contributed by atoms with Crippen LogP contribution in [-0.4, -0.2) is 44.0 Å². The molecule has 0 aromatic carbocycles. The maximum atomic E-state index is 12.0. The van der Waals surface area contributed by atoms with E-state index in [1.165, 1.54) is 0 Å². The van der Waals surface area contributed by atoms with Crippen LogP contribution in [0.15, 0.2) is 0 Å². The van der Waals surface area contributed by atoms with E-state index < -0.39 is 25.3 Å². The molecule has 3 rings (SSSR count). The second-order valence-corrected chi connectivity index (χ2v) is 15.1. The fraction of sp³-hybridized carbons (Fsp3) is 0.950. The van der Waals surface area contributed by atoms with E-state index in [0.29, 0.717) is 13.0 Å². The Labute approximate surface area is 159 Å². The summed E-state index contributed by atoms with van der Waals surface area (Å²) in [6.45, 7) is 15.7. The Morgan fingerprint density at radius 2 is 1.81 bits per heavy atom. The highest BCUT2D eigenvalue weighted by atomic mass is 28.4. The molecule has 3 aliphatic rings. The lowest BCUT2D eigenvalue weighted by Crippen LogP contribution is -2.63. The first kappa shape index (κ1) is 20.3. The first-order chi connectivity index (χ1) is 11.8. The molecule has 1 aliphatic carbocycles. The SMILES string of the molecule is CC1(C)O[C@H](CO[Si](C)(C)C(C)(C)C)[C@]2(CCCC[C@@]23CCC(=O)O3)O1. The fourth-order valence-corrected chi connectivity index (χ4v) is 5.57. The van der Waals surface area contributed by atoms with Crippen molar-refractivity contribution in [1.29, 1.82) is 0 Å². The molecular weight excluding hydrogens is 348 g/mol. The number of ether oxygens (including phenoxy) is 3. The zero-order valence-corrected chi connectivity index (χ0v) is 18.6. The molecular formula is C20H36O5Si. The predicted molar refractivity (Wildman–Crippen MR) is 102 cm³/mol. The van der Waals surface area contributed by atoms with Crippen molar-refractivity contribution in [3.63, 3.8) is 0 Å². The van der Waals surface area contributed by atoms with Crippen LogP contribution in [0.25, 0.3) is 0 Å². The molecule has 2 heterocycles. The molecule has 2 spiro atoms. The Hall–Kier alpha value is -0.433. The van der Waals surface area contributed by atoms with Crippen molar-refractivity contribution in [3.05, 3.63) is 0 Å². The molecule has 6 heteroatoms. The highest BCUT2D eigenvalue weighted by Gasteiger charge is 2.68. The summed E-state index contributed by atoms with van der Waals surface area (Å²) < 4.78 is 25.4. The van der Waals surface area contributed by atoms with Gasteiger partial charge in [0.05, 0.1) is 6.61 Å². The highest BCUT2D eigenvalue weighted by Crippen LogP contribution is 2.56. The van der Waals surface area contributed by atoms with Gasteiger partial charge >= 0.3 is 5.97 Å². The van der Waals surface area contributed by atoms with Gasteiger partial charge in [0.25, 0.3) is 0 Å². The van der Waals surface area contributed by atoms with Gasteiger partial charge in [-0.05, 0) is 51.2 Å². The number of fused-ring (bicyclic) bond motifs is 1. The molecule has 26 heavy (non-hydrogen) atoms. The predicted octanol–water partition coefficient (Wildman–Crippen LogP) is 4.55. The molecule has 0 N–H and O–H groups in total. The Kier molecular flexibility index (Phi) is 4.91. The topological polar surface area (TPSA) is 54.0 Å². The smallest absolute Gasteiger partial charge is 0.306 e. The highest BCUT2D eigenvalue weighted by molar-refractivity contribution is 6.74. The van der Waals surface area contributed by atoms with Gasteiger partial charge in [-0.15, -0.1) is 0 Å². The summed E-state index contributed by atoms with van der Waals surface area (Å²) in [6, 6.07) is 0. The number of hydrogen-bond acceptors (Lipinski definition) is 5. The van der Waals surface area contributed by atoms with Gasteiger partial charge in [0, 0.05) is 12.8 Å². The number of hydrogen-bond donors (Lipinski definition) is 0. The van der Waals surface area contributed by atoms with E-state index in [0.717, 1.165) is 32.1 Å². The van der Waals surface area contributed by atoms with Gasteiger partial charge in [-0.25, -0.2) is 0 Å². The molecule has 0 aromatic heterocycles. The maximum absolute atomic E-state index is 12.0. The van der Waals surface area contributed by atoms with Gasteiger partial charge in [0.1, 0.15) is 17.3 Å². The Morgan fingerprint density at radius 1 is 1.15 bits per heavy atom. The first-order valence-corrected chi connectivity index (χ1v) is 13.0. The monoisotopic (exact) mass is 384 g/mol. The van der Waals surface area contributed by atoms with Crippen LogP contribution in [0.1, 0.15) is 73.1 Å². The van der Waals surface area contributed by atoms with Gasteiger partial charge in [0.15, 0.2) is 14.1 Å². The quantitative estimate of drug-likeness (QED) is 0.528. The van der Waals surface area contributed by atoms with Crippen LogP contribution in [0.3, 0.4) is 0 Å². The molecule has 1 saturated carbocycles. The summed E-state index contributed by atoms with van der Waals surface area (Å²) in [7, 11) is -1.91. The lowest BCUT2D eigenvalue weighted by molar-refractivity contribution is -0.230. The van der Waals surface area contributed by atoms with Crippen molar-refractivity contribution in [2.24, 2.45) is 0 Å². The van der Waals surface area contributed by atoms with E-state index in [-0.39, 0.29) is 17.1 Å². The Balaban J connectivity index is 1.89. The van der Waals surface area contributed by atoms with Crippen LogP contribution in [0.5, 0.6) is 0 Å². The molecule has 150 valence electrons. The average molecular weight is 385 g/mol. The third kappa shape index (κ3) is 3.27. The molecule has 5 nitrogen and oxygen atoms in total. The van der Waals surface area contributed by atoms with Gasteiger partial charge in [-0.2, -0.15) is 0 Å². The zero-order chi connectivity index (χ0) is 19.4. The lowest BCUT2D eigenvalue weighted by atomic mass is 9.67. The molecule has 2 aliphatic heterocycles. The summed E-state index contributed by atoms with van der Waals surface area (Å²) in [5.74, 6) is -0.801. The minimum Gasteiger partial charge on any atom is -0.456 e. The van der Waals surface area contributed by atoms with E-state index in [4.69, 9.17) is 18.6 Å². The van der Waals surface area contributed by atoms with Crippen molar-refractivity contribution in [2.75, 3.05) is 6.61 Å². The van der Waals surface area contributed by atoms with Crippen LogP contribution in [0.4, 0.5) is 0 Å². The minimum absolute atomic E-state index is 0.108. The van der Waals surface area contributed by atoms with Crippen LogP contribution in [0.2, 0.25) is 18.1 Å². The molecule has 0 unspecified atom stereocenters. The normalized spacial score (nSPS) is 37.5. The van der Waals surface area contributed by atoms with E-state index >= 15 is 0 Å². The number of esters is 1. The summed E-state index contributed by atoms with van der Waals surface area (Å²) in [5, 5.41) is 0.138. The zero-order valence-electron chi connectivity index (χ0n) is 17.6. The second-order valence-electron chi connectivity index (χ2n) is 10.2. The second kappa shape index (κ2) is 6.29. The molecule has 3 fully saturated rings. The van der Waals surface area contributed by atoms with E-state index in [1.807, 2.05) is 13.8 Å². The van der Waals surface area contributed by atoms with Gasteiger partial charge in [0.2, 0.25) is 0 Å². The largest absolute Gasteiger partial charge is 0.456 e. The van der Waals surface area contributed by atoms with Crippen LogP contribution in [0, 0.1) is 0 Å². The summed E-state index contributed by atoms with van der Waals surface area (Å²) in [4.78, 5) is 12.0. The molecule has 0 amide bonds. The Bertz CT molecular complexity index is 567. The number of carbonyl (C=O) groups is 1. The van der Waals surface area contributed by atoms with Crippen molar-refractivity contribution >= 4 is 14.3 Å². The summed E-state index contributed by atoms with van der Waals surface area (Å²) in [5.41, 5.74) is -1.15. The van der Waals surface area contributed by atoms with Crippen LogP contribution >= 0.6 is 0 Å². The maximum Gasteiger partial charge on any atom is 0.306 e. The van der Waals surface area contributed by atoms with Crippen LogP contribution in [-0.2, 0) is 23.4 Å². The Morgan fingerprint density at radius 3 is 2.38 bits per heavy atom. The van der Waals surface area contributed by atoms with Gasteiger partial charge < -0.3 is 18.6 Å². The number of carbonyl (C=O) groups excluding carboxylic acids is 1. The van der Waals surface area contributed by atoms with E-state index in [2.05, 4.69) is 33.9 Å². The molecule has 0 bridgehead atoms. The van der Waals surface area contributed by atoms with E-state index in [1.54, 1.807) is 0 Å². The fourth-order valence-electron chi connectivity index (χ4n) is 4.57.